The first-order valence-corrected chi connectivity index (χ1v) is 7.75. The second kappa shape index (κ2) is 7.22. The summed E-state index contributed by atoms with van der Waals surface area (Å²) < 4.78 is 5.41. The molecule has 2 aromatic rings. The van der Waals surface area contributed by atoms with Gasteiger partial charge in [0.05, 0.1) is 18.8 Å². The third-order valence-corrected chi connectivity index (χ3v) is 3.98. The van der Waals surface area contributed by atoms with E-state index in [-0.39, 0.29) is 6.03 Å². The van der Waals surface area contributed by atoms with Crippen LogP contribution in [0.15, 0.2) is 36.5 Å². The molecule has 1 saturated heterocycles. The molecule has 3 rings (SSSR count). The molecule has 0 saturated carbocycles. The van der Waals surface area contributed by atoms with Gasteiger partial charge in [-0.2, -0.15) is 0 Å². The summed E-state index contributed by atoms with van der Waals surface area (Å²) in [7, 11) is 0. The summed E-state index contributed by atoms with van der Waals surface area (Å²) in [4.78, 5) is 16.3. The smallest absolute Gasteiger partial charge is 0.315 e. The molecule has 116 valence electrons. The van der Waals surface area contributed by atoms with Crippen LogP contribution < -0.4 is 10.6 Å². The fourth-order valence-corrected chi connectivity index (χ4v) is 2.76. The van der Waals surface area contributed by atoms with Gasteiger partial charge in [-0.3, -0.25) is 4.98 Å². The SMILES string of the molecule is O=C(NCc1nccc2ccccc12)NCC1CCCOC1. The summed E-state index contributed by atoms with van der Waals surface area (Å²) in [6, 6.07) is 9.87. The van der Waals surface area contributed by atoms with Crippen LogP contribution in [0.4, 0.5) is 4.79 Å². The van der Waals surface area contributed by atoms with Crippen LogP contribution in [0.2, 0.25) is 0 Å². The lowest BCUT2D eigenvalue weighted by Gasteiger charge is -2.22. The molecular formula is C17H21N3O2. The Labute approximate surface area is 130 Å². The van der Waals surface area contributed by atoms with E-state index in [0.717, 1.165) is 42.5 Å². The molecule has 5 heteroatoms. The monoisotopic (exact) mass is 299 g/mol. The fourth-order valence-electron chi connectivity index (χ4n) is 2.76. The summed E-state index contributed by atoms with van der Waals surface area (Å²) in [6.07, 6.45) is 3.97. The molecular weight excluding hydrogens is 278 g/mol. The van der Waals surface area contributed by atoms with E-state index in [9.17, 15) is 4.79 Å². The van der Waals surface area contributed by atoms with Crippen molar-refractivity contribution in [2.75, 3.05) is 19.8 Å². The molecule has 1 aliphatic heterocycles. The van der Waals surface area contributed by atoms with Gasteiger partial charge in [0, 0.05) is 24.7 Å². The number of rotatable bonds is 4. The van der Waals surface area contributed by atoms with E-state index in [0.29, 0.717) is 19.0 Å². The van der Waals surface area contributed by atoms with Crippen molar-refractivity contribution >= 4 is 16.8 Å². The van der Waals surface area contributed by atoms with Crippen molar-refractivity contribution in [3.63, 3.8) is 0 Å². The van der Waals surface area contributed by atoms with Crippen LogP contribution in [0.1, 0.15) is 18.5 Å². The number of aromatic nitrogens is 1. The van der Waals surface area contributed by atoms with Crippen molar-refractivity contribution in [2.45, 2.75) is 19.4 Å². The molecule has 5 nitrogen and oxygen atoms in total. The topological polar surface area (TPSA) is 63.2 Å². The molecule has 1 aromatic heterocycles. The summed E-state index contributed by atoms with van der Waals surface area (Å²) in [5.41, 5.74) is 0.884. The lowest BCUT2D eigenvalue weighted by Crippen LogP contribution is -2.39. The van der Waals surface area contributed by atoms with Crippen LogP contribution in [-0.2, 0) is 11.3 Å². The quantitative estimate of drug-likeness (QED) is 0.911. The zero-order valence-corrected chi connectivity index (χ0v) is 12.5. The number of hydrogen-bond acceptors (Lipinski definition) is 3. The molecule has 1 aromatic carbocycles. The Morgan fingerprint density at radius 2 is 2.18 bits per heavy atom. The number of urea groups is 1. The molecule has 2 heterocycles. The molecule has 0 spiro atoms. The second-order valence-corrected chi connectivity index (χ2v) is 5.63. The molecule has 2 amide bonds. The molecule has 2 N–H and O–H groups in total. The predicted octanol–water partition coefficient (Wildman–Crippen LogP) is 2.46. The van der Waals surface area contributed by atoms with Crippen LogP contribution in [0, 0.1) is 5.92 Å². The van der Waals surface area contributed by atoms with Gasteiger partial charge in [0.15, 0.2) is 0 Å². The normalized spacial score (nSPS) is 18.1. The van der Waals surface area contributed by atoms with E-state index >= 15 is 0 Å². The highest BCUT2D eigenvalue weighted by Crippen LogP contribution is 2.16. The number of carbonyl (C=O) groups is 1. The summed E-state index contributed by atoms with van der Waals surface area (Å²) in [6.45, 7) is 2.67. The number of nitrogens with one attached hydrogen (secondary N) is 2. The largest absolute Gasteiger partial charge is 0.381 e. The maximum Gasteiger partial charge on any atom is 0.315 e. The Morgan fingerprint density at radius 1 is 1.27 bits per heavy atom. The average molecular weight is 299 g/mol. The van der Waals surface area contributed by atoms with Gasteiger partial charge in [0.25, 0.3) is 0 Å². The minimum atomic E-state index is -0.152. The molecule has 0 bridgehead atoms. The first-order valence-electron chi connectivity index (χ1n) is 7.75. The molecule has 1 atom stereocenters. The van der Waals surface area contributed by atoms with Gasteiger partial charge in [-0.25, -0.2) is 4.79 Å². The Bertz CT molecular complexity index is 633. The number of hydrogen-bond donors (Lipinski definition) is 2. The Morgan fingerprint density at radius 3 is 3.05 bits per heavy atom. The standard InChI is InChI=1S/C17H21N3O2/c21-17(19-10-13-4-3-9-22-12-13)20-11-16-15-6-2-1-5-14(15)7-8-18-16/h1-2,5-8,13H,3-4,9-12H2,(H2,19,20,21). The minimum absolute atomic E-state index is 0.152. The highest BCUT2D eigenvalue weighted by Gasteiger charge is 2.14. The van der Waals surface area contributed by atoms with E-state index in [1.807, 2.05) is 30.3 Å². The maximum absolute atomic E-state index is 11.9. The zero-order chi connectivity index (χ0) is 15.2. The summed E-state index contributed by atoms with van der Waals surface area (Å²) in [5, 5.41) is 8.00. The number of nitrogens with zero attached hydrogens (tertiary/aromatic N) is 1. The number of amides is 2. The van der Waals surface area contributed by atoms with Crippen molar-refractivity contribution in [1.82, 2.24) is 15.6 Å². The summed E-state index contributed by atoms with van der Waals surface area (Å²) >= 11 is 0. The van der Waals surface area contributed by atoms with Crippen molar-refractivity contribution < 1.29 is 9.53 Å². The molecule has 1 fully saturated rings. The van der Waals surface area contributed by atoms with Gasteiger partial charge in [-0.15, -0.1) is 0 Å². The second-order valence-electron chi connectivity index (χ2n) is 5.63. The van der Waals surface area contributed by atoms with Gasteiger partial charge in [-0.1, -0.05) is 24.3 Å². The van der Waals surface area contributed by atoms with Crippen molar-refractivity contribution in [1.29, 1.82) is 0 Å². The van der Waals surface area contributed by atoms with Crippen molar-refractivity contribution in [2.24, 2.45) is 5.92 Å². The average Bonchev–Trinajstić information content (AvgIpc) is 2.59. The van der Waals surface area contributed by atoms with Gasteiger partial charge >= 0.3 is 6.03 Å². The highest BCUT2D eigenvalue weighted by molar-refractivity contribution is 5.84. The third kappa shape index (κ3) is 3.74. The Kier molecular flexibility index (Phi) is 4.85. The molecule has 0 radical (unpaired) electrons. The van der Waals surface area contributed by atoms with E-state index in [4.69, 9.17) is 4.74 Å². The van der Waals surface area contributed by atoms with Crippen LogP contribution in [0.3, 0.4) is 0 Å². The Balaban J connectivity index is 1.51. The van der Waals surface area contributed by atoms with E-state index in [1.54, 1.807) is 6.20 Å². The number of ether oxygens (including phenoxy) is 1. The van der Waals surface area contributed by atoms with Gasteiger partial charge in [0.2, 0.25) is 0 Å². The third-order valence-electron chi connectivity index (χ3n) is 3.98. The first-order chi connectivity index (χ1) is 10.8. The molecule has 1 aliphatic rings. The predicted molar refractivity (Wildman–Crippen MR) is 85.5 cm³/mol. The Hall–Kier alpha value is -2.14. The van der Waals surface area contributed by atoms with E-state index in [1.165, 1.54) is 0 Å². The molecule has 22 heavy (non-hydrogen) atoms. The number of pyridine rings is 1. The molecule has 0 aliphatic carbocycles. The highest BCUT2D eigenvalue weighted by atomic mass is 16.5. The van der Waals surface area contributed by atoms with Crippen LogP contribution in [0.5, 0.6) is 0 Å². The lowest BCUT2D eigenvalue weighted by molar-refractivity contribution is 0.0557. The number of benzene rings is 1. The van der Waals surface area contributed by atoms with Crippen LogP contribution in [0.25, 0.3) is 10.8 Å². The van der Waals surface area contributed by atoms with Gasteiger partial charge in [0.1, 0.15) is 0 Å². The van der Waals surface area contributed by atoms with Crippen LogP contribution >= 0.6 is 0 Å². The fraction of sp³-hybridized carbons (Fsp3) is 0.412. The maximum atomic E-state index is 11.9. The number of carbonyl (C=O) groups excluding carboxylic acids is 1. The molecule has 1 unspecified atom stereocenters. The van der Waals surface area contributed by atoms with Gasteiger partial charge < -0.3 is 15.4 Å². The lowest BCUT2D eigenvalue weighted by atomic mass is 10.0. The van der Waals surface area contributed by atoms with E-state index < -0.39 is 0 Å². The van der Waals surface area contributed by atoms with Crippen LogP contribution in [-0.4, -0.2) is 30.8 Å². The van der Waals surface area contributed by atoms with Crippen molar-refractivity contribution in [3.05, 3.63) is 42.2 Å². The van der Waals surface area contributed by atoms with E-state index in [2.05, 4.69) is 15.6 Å². The summed E-state index contributed by atoms with van der Waals surface area (Å²) in [5.74, 6) is 0.426. The first kappa shape index (κ1) is 14.8. The number of fused-ring (bicyclic) bond motifs is 1. The zero-order valence-electron chi connectivity index (χ0n) is 12.5. The van der Waals surface area contributed by atoms with Gasteiger partial charge in [-0.05, 0) is 30.2 Å². The minimum Gasteiger partial charge on any atom is -0.381 e. The van der Waals surface area contributed by atoms with Crippen molar-refractivity contribution in [3.8, 4) is 0 Å².